The first-order chi connectivity index (χ1) is 9.20. The number of fused-ring (bicyclic) bond motifs is 1. The highest BCUT2D eigenvalue weighted by atomic mass is 15.3. The van der Waals surface area contributed by atoms with Gasteiger partial charge in [0.2, 0.25) is 0 Å². The molecule has 19 heavy (non-hydrogen) atoms. The zero-order chi connectivity index (χ0) is 13.4. The van der Waals surface area contributed by atoms with Crippen molar-refractivity contribution in [2.45, 2.75) is 6.54 Å². The molecule has 2 heterocycles. The van der Waals surface area contributed by atoms with Crippen molar-refractivity contribution in [1.82, 2.24) is 24.6 Å². The molecule has 5 nitrogen and oxygen atoms in total. The summed E-state index contributed by atoms with van der Waals surface area (Å²) in [6.07, 6.45) is 3.75. The third kappa shape index (κ3) is 1.92. The van der Waals surface area contributed by atoms with Crippen molar-refractivity contribution in [3.8, 4) is 11.1 Å². The number of imidazole rings is 1. The highest BCUT2D eigenvalue weighted by molar-refractivity contribution is 5.82. The molecular weight excluding hydrogens is 238 g/mol. The Bertz CT molecular complexity index is 723. The minimum atomic E-state index is 0.798. The summed E-state index contributed by atoms with van der Waals surface area (Å²) in [7, 11) is 5.92. The first-order valence-corrected chi connectivity index (χ1v) is 6.27. The van der Waals surface area contributed by atoms with E-state index in [2.05, 4.69) is 33.6 Å². The fourth-order valence-corrected chi connectivity index (χ4v) is 2.38. The lowest BCUT2D eigenvalue weighted by Crippen LogP contribution is -2.10. The van der Waals surface area contributed by atoms with E-state index in [9.17, 15) is 0 Å². The van der Waals surface area contributed by atoms with Gasteiger partial charge in [-0.15, -0.1) is 0 Å². The molecule has 0 fully saturated rings. The lowest BCUT2D eigenvalue weighted by atomic mass is 10.1. The van der Waals surface area contributed by atoms with Gasteiger partial charge in [-0.25, -0.2) is 4.98 Å². The average molecular weight is 255 g/mol. The van der Waals surface area contributed by atoms with Crippen molar-refractivity contribution in [2.24, 2.45) is 14.1 Å². The lowest BCUT2D eigenvalue weighted by molar-refractivity contribution is 0.673. The number of benzene rings is 1. The van der Waals surface area contributed by atoms with Crippen molar-refractivity contribution in [2.75, 3.05) is 7.05 Å². The molecule has 3 rings (SSSR count). The number of nitrogens with one attached hydrogen (secondary N) is 1. The second-order valence-corrected chi connectivity index (χ2v) is 4.72. The topological polar surface area (TPSA) is 47.7 Å². The van der Waals surface area contributed by atoms with E-state index in [4.69, 9.17) is 0 Å². The standard InChI is InChI=1S/C14H17N5/c1-15-8-14-11(7-17-19(14)3)10-4-5-13-12(6-10)16-9-18(13)2/h4-7,9,15H,8H2,1-3H3. The predicted octanol–water partition coefficient (Wildman–Crippen LogP) is 1.69. The third-order valence-electron chi connectivity index (χ3n) is 3.44. The Hall–Kier alpha value is -2.14. The average Bonchev–Trinajstić information content (AvgIpc) is 2.95. The van der Waals surface area contributed by atoms with Crippen molar-refractivity contribution in [3.05, 3.63) is 36.4 Å². The number of aryl methyl sites for hydroxylation is 2. The van der Waals surface area contributed by atoms with Crippen LogP contribution >= 0.6 is 0 Å². The van der Waals surface area contributed by atoms with E-state index in [0.717, 1.165) is 28.7 Å². The Balaban J connectivity index is 2.13. The molecule has 0 atom stereocenters. The van der Waals surface area contributed by atoms with Gasteiger partial charge in [-0.3, -0.25) is 4.68 Å². The van der Waals surface area contributed by atoms with E-state index in [-0.39, 0.29) is 0 Å². The molecule has 0 spiro atoms. The third-order valence-corrected chi connectivity index (χ3v) is 3.44. The fraction of sp³-hybridized carbons (Fsp3) is 0.286. The molecule has 1 N–H and O–H groups in total. The van der Waals surface area contributed by atoms with Gasteiger partial charge in [0, 0.05) is 26.2 Å². The van der Waals surface area contributed by atoms with Gasteiger partial charge >= 0.3 is 0 Å². The largest absolute Gasteiger partial charge is 0.334 e. The summed E-state index contributed by atoms with van der Waals surface area (Å²) in [6.45, 7) is 0.798. The van der Waals surface area contributed by atoms with Crippen LogP contribution < -0.4 is 5.32 Å². The highest BCUT2D eigenvalue weighted by Crippen LogP contribution is 2.26. The van der Waals surface area contributed by atoms with Crippen molar-refractivity contribution in [1.29, 1.82) is 0 Å². The zero-order valence-corrected chi connectivity index (χ0v) is 11.4. The maximum Gasteiger partial charge on any atom is 0.0955 e. The molecule has 0 saturated carbocycles. The molecule has 0 aliphatic carbocycles. The van der Waals surface area contributed by atoms with Crippen molar-refractivity contribution >= 4 is 11.0 Å². The van der Waals surface area contributed by atoms with Crippen LogP contribution in [-0.2, 0) is 20.6 Å². The van der Waals surface area contributed by atoms with Gasteiger partial charge in [-0.2, -0.15) is 5.10 Å². The monoisotopic (exact) mass is 255 g/mol. The molecule has 0 amide bonds. The Morgan fingerprint density at radius 1 is 1.26 bits per heavy atom. The smallest absolute Gasteiger partial charge is 0.0955 e. The number of hydrogen-bond donors (Lipinski definition) is 1. The van der Waals surface area contributed by atoms with E-state index < -0.39 is 0 Å². The molecular formula is C14H17N5. The summed E-state index contributed by atoms with van der Waals surface area (Å²) in [5.74, 6) is 0. The Kier molecular flexibility index (Phi) is 2.83. The molecule has 0 radical (unpaired) electrons. The summed E-state index contributed by atoms with van der Waals surface area (Å²) >= 11 is 0. The number of aromatic nitrogens is 4. The maximum absolute atomic E-state index is 4.41. The van der Waals surface area contributed by atoms with Crippen LogP contribution in [0.2, 0.25) is 0 Å². The zero-order valence-electron chi connectivity index (χ0n) is 11.4. The second-order valence-electron chi connectivity index (χ2n) is 4.72. The normalized spacial score (nSPS) is 11.3. The van der Waals surface area contributed by atoms with Crippen molar-refractivity contribution < 1.29 is 0 Å². The fourth-order valence-electron chi connectivity index (χ4n) is 2.38. The Labute approximate surface area is 111 Å². The summed E-state index contributed by atoms with van der Waals surface area (Å²) in [5.41, 5.74) is 5.65. The summed E-state index contributed by atoms with van der Waals surface area (Å²) in [6, 6.07) is 6.35. The van der Waals surface area contributed by atoms with E-state index in [1.165, 1.54) is 5.69 Å². The van der Waals surface area contributed by atoms with Gasteiger partial charge in [-0.05, 0) is 24.7 Å². The molecule has 0 saturated heterocycles. The van der Waals surface area contributed by atoms with Gasteiger partial charge in [0.1, 0.15) is 0 Å². The first kappa shape index (κ1) is 11.9. The second kappa shape index (κ2) is 4.51. The molecule has 3 aromatic rings. The van der Waals surface area contributed by atoms with E-state index in [1.807, 2.05) is 42.9 Å². The molecule has 0 bridgehead atoms. The van der Waals surface area contributed by atoms with Gasteiger partial charge in [0.15, 0.2) is 0 Å². The molecule has 0 aliphatic heterocycles. The molecule has 2 aromatic heterocycles. The first-order valence-electron chi connectivity index (χ1n) is 6.27. The van der Waals surface area contributed by atoms with E-state index in [0.29, 0.717) is 0 Å². The summed E-state index contributed by atoms with van der Waals surface area (Å²) in [4.78, 5) is 4.41. The Morgan fingerprint density at radius 2 is 2.11 bits per heavy atom. The molecule has 98 valence electrons. The van der Waals surface area contributed by atoms with Gasteiger partial charge in [0.05, 0.1) is 29.3 Å². The maximum atomic E-state index is 4.41. The van der Waals surface area contributed by atoms with Crippen LogP contribution in [0.25, 0.3) is 22.2 Å². The summed E-state index contributed by atoms with van der Waals surface area (Å²) < 4.78 is 3.94. The van der Waals surface area contributed by atoms with Crippen LogP contribution in [0.4, 0.5) is 0 Å². The minimum Gasteiger partial charge on any atom is -0.334 e. The number of nitrogens with zero attached hydrogens (tertiary/aromatic N) is 4. The van der Waals surface area contributed by atoms with Gasteiger partial charge < -0.3 is 9.88 Å². The van der Waals surface area contributed by atoms with E-state index >= 15 is 0 Å². The van der Waals surface area contributed by atoms with Crippen LogP contribution in [0.5, 0.6) is 0 Å². The number of hydrogen-bond acceptors (Lipinski definition) is 3. The lowest BCUT2D eigenvalue weighted by Gasteiger charge is -2.06. The quantitative estimate of drug-likeness (QED) is 0.775. The van der Waals surface area contributed by atoms with Crippen LogP contribution in [0.15, 0.2) is 30.7 Å². The molecule has 1 aromatic carbocycles. The minimum absolute atomic E-state index is 0.798. The number of rotatable bonds is 3. The molecule has 5 heteroatoms. The van der Waals surface area contributed by atoms with Crippen LogP contribution in [0.3, 0.4) is 0 Å². The van der Waals surface area contributed by atoms with Crippen molar-refractivity contribution in [3.63, 3.8) is 0 Å². The molecule has 0 aliphatic rings. The van der Waals surface area contributed by atoms with Crippen LogP contribution in [-0.4, -0.2) is 26.4 Å². The van der Waals surface area contributed by atoms with E-state index in [1.54, 1.807) is 0 Å². The van der Waals surface area contributed by atoms with Crippen LogP contribution in [0, 0.1) is 0 Å². The molecule has 0 unspecified atom stereocenters. The Morgan fingerprint density at radius 3 is 2.89 bits per heavy atom. The SMILES string of the molecule is CNCc1c(-c2ccc3c(c2)ncn3C)cnn1C. The van der Waals surface area contributed by atoms with Gasteiger partial charge in [-0.1, -0.05) is 6.07 Å². The summed E-state index contributed by atoms with van der Waals surface area (Å²) in [5, 5.41) is 7.53. The highest BCUT2D eigenvalue weighted by Gasteiger charge is 2.11. The van der Waals surface area contributed by atoms with Crippen LogP contribution in [0.1, 0.15) is 5.69 Å². The predicted molar refractivity (Wildman–Crippen MR) is 75.7 cm³/mol. The van der Waals surface area contributed by atoms with Gasteiger partial charge in [0.25, 0.3) is 0 Å².